The number of rotatable bonds is 5. The van der Waals surface area contributed by atoms with Crippen molar-refractivity contribution in [3.05, 3.63) is 0 Å². The number of hydrogen-bond donors (Lipinski definition) is 1. The molecule has 17 heavy (non-hydrogen) atoms. The lowest BCUT2D eigenvalue weighted by Crippen LogP contribution is -2.41. The first-order valence-electron chi connectivity index (χ1n) is 7.26. The summed E-state index contributed by atoms with van der Waals surface area (Å²) in [5.74, 6) is 1.29. The van der Waals surface area contributed by atoms with Crippen molar-refractivity contribution in [1.82, 2.24) is 10.2 Å². The van der Waals surface area contributed by atoms with Crippen molar-refractivity contribution in [3.8, 4) is 0 Å². The maximum Gasteiger partial charge on any atom is 0.241 e. The molecule has 1 heterocycles. The molecule has 2 saturated carbocycles. The molecule has 3 aliphatic rings. The molecule has 0 aromatic carbocycles. The second kappa shape index (κ2) is 3.98. The normalized spacial score (nSPS) is 35.4. The molecule has 3 heteroatoms. The van der Waals surface area contributed by atoms with Crippen LogP contribution in [0.2, 0.25) is 0 Å². The molecule has 0 aromatic heterocycles. The molecule has 1 saturated heterocycles. The van der Waals surface area contributed by atoms with Gasteiger partial charge in [0.2, 0.25) is 5.91 Å². The summed E-state index contributed by atoms with van der Waals surface area (Å²) in [5.41, 5.74) is 0.535. The highest BCUT2D eigenvalue weighted by Crippen LogP contribution is 2.61. The summed E-state index contributed by atoms with van der Waals surface area (Å²) in [4.78, 5) is 14.5. The quantitative estimate of drug-likeness (QED) is 0.793. The monoisotopic (exact) mass is 236 g/mol. The fourth-order valence-corrected chi connectivity index (χ4v) is 3.46. The molecular weight excluding hydrogens is 212 g/mol. The first-order valence-corrected chi connectivity index (χ1v) is 7.26. The van der Waals surface area contributed by atoms with Crippen molar-refractivity contribution in [3.63, 3.8) is 0 Å². The SMILES string of the molecule is CCC1NC(CC)N(CC2(C3CC3)CC2)C1=O. The van der Waals surface area contributed by atoms with Gasteiger partial charge in [-0.2, -0.15) is 0 Å². The maximum absolute atomic E-state index is 12.3. The van der Waals surface area contributed by atoms with Crippen molar-refractivity contribution in [2.75, 3.05) is 6.54 Å². The fourth-order valence-electron chi connectivity index (χ4n) is 3.46. The topological polar surface area (TPSA) is 32.3 Å². The molecule has 96 valence electrons. The van der Waals surface area contributed by atoms with Crippen LogP contribution < -0.4 is 5.32 Å². The summed E-state index contributed by atoms with van der Waals surface area (Å²) in [6.07, 6.45) is 7.77. The Kier molecular flexibility index (Phi) is 2.69. The number of carbonyl (C=O) groups excluding carboxylic acids is 1. The van der Waals surface area contributed by atoms with Crippen molar-refractivity contribution >= 4 is 5.91 Å². The summed E-state index contributed by atoms with van der Waals surface area (Å²) < 4.78 is 0. The fraction of sp³-hybridized carbons (Fsp3) is 0.929. The van der Waals surface area contributed by atoms with Crippen LogP contribution in [0, 0.1) is 11.3 Å². The van der Waals surface area contributed by atoms with E-state index in [1.54, 1.807) is 0 Å². The van der Waals surface area contributed by atoms with Crippen LogP contribution in [-0.4, -0.2) is 29.6 Å². The van der Waals surface area contributed by atoms with Gasteiger partial charge in [-0.25, -0.2) is 0 Å². The third kappa shape index (κ3) is 1.88. The van der Waals surface area contributed by atoms with E-state index in [9.17, 15) is 4.79 Å². The number of amides is 1. The van der Waals surface area contributed by atoms with Crippen LogP contribution in [0.5, 0.6) is 0 Å². The average molecular weight is 236 g/mol. The summed E-state index contributed by atoms with van der Waals surface area (Å²) in [7, 11) is 0. The lowest BCUT2D eigenvalue weighted by Gasteiger charge is -2.28. The van der Waals surface area contributed by atoms with E-state index in [4.69, 9.17) is 0 Å². The maximum atomic E-state index is 12.3. The van der Waals surface area contributed by atoms with Crippen molar-refractivity contribution in [2.45, 2.75) is 64.6 Å². The van der Waals surface area contributed by atoms with E-state index < -0.39 is 0 Å². The summed E-state index contributed by atoms with van der Waals surface area (Å²) in [6.45, 7) is 5.30. The molecule has 1 aliphatic heterocycles. The van der Waals surface area contributed by atoms with Crippen LogP contribution in [0.15, 0.2) is 0 Å². The summed E-state index contributed by atoms with van der Waals surface area (Å²) in [6, 6.07) is 0.0787. The van der Waals surface area contributed by atoms with Crippen LogP contribution in [-0.2, 0) is 4.79 Å². The molecular formula is C14H24N2O. The Bertz CT molecular complexity index is 320. The number of carbonyl (C=O) groups is 1. The van der Waals surface area contributed by atoms with Crippen molar-refractivity contribution in [1.29, 1.82) is 0 Å². The molecule has 3 nitrogen and oxygen atoms in total. The van der Waals surface area contributed by atoms with E-state index in [0.717, 1.165) is 25.3 Å². The van der Waals surface area contributed by atoms with Gasteiger partial charge in [0, 0.05) is 6.54 Å². The van der Waals surface area contributed by atoms with Gasteiger partial charge in [0.15, 0.2) is 0 Å². The predicted octanol–water partition coefficient (Wildman–Crippen LogP) is 2.12. The second-order valence-corrected chi connectivity index (χ2v) is 6.15. The van der Waals surface area contributed by atoms with Crippen molar-refractivity contribution in [2.24, 2.45) is 11.3 Å². The summed E-state index contributed by atoms with van der Waals surface area (Å²) >= 11 is 0. The van der Waals surface area contributed by atoms with Gasteiger partial charge in [-0.05, 0) is 49.9 Å². The van der Waals surface area contributed by atoms with E-state index in [1.165, 1.54) is 25.7 Å². The average Bonchev–Trinajstić information content (AvgIpc) is 3.20. The highest BCUT2D eigenvalue weighted by atomic mass is 16.2. The van der Waals surface area contributed by atoms with Gasteiger partial charge >= 0.3 is 0 Å². The van der Waals surface area contributed by atoms with Crippen LogP contribution >= 0.6 is 0 Å². The van der Waals surface area contributed by atoms with Crippen LogP contribution in [0.3, 0.4) is 0 Å². The molecule has 0 aromatic rings. The lowest BCUT2D eigenvalue weighted by molar-refractivity contribution is -0.131. The van der Waals surface area contributed by atoms with Gasteiger partial charge < -0.3 is 4.90 Å². The third-order valence-electron chi connectivity index (χ3n) is 4.97. The Balaban J connectivity index is 1.70. The molecule has 3 rings (SSSR count). The summed E-state index contributed by atoms with van der Waals surface area (Å²) in [5, 5.41) is 3.48. The predicted molar refractivity (Wildman–Crippen MR) is 67.4 cm³/mol. The van der Waals surface area contributed by atoms with Gasteiger partial charge in [0.05, 0.1) is 12.2 Å². The minimum atomic E-state index is 0.0787. The zero-order valence-corrected chi connectivity index (χ0v) is 11.0. The molecule has 1 amide bonds. The van der Waals surface area contributed by atoms with Crippen LogP contribution in [0.1, 0.15) is 52.4 Å². The van der Waals surface area contributed by atoms with E-state index in [-0.39, 0.29) is 6.04 Å². The van der Waals surface area contributed by atoms with Gasteiger partial charge in [0.1, 0.15) is 0 Å². The highest BCUT2D eigenvalue weighted by Gasteiger charge is 2.56. The van der Waals surface area contributed by atoms with E-state index >= 15 is 0 Å². The molecule has 0 bridgehead atoms. The van der Waals surface area contributed by atoms with Gasteiger partial charge in [0.25, 0.3) is 0 Å². The van der Waals surface area contributed by atoms with E-state index in [1.807, 2.05) is 0 Å². The van der Waals surface area contributed by atoms with E-state index in [2.05, 4.69) is 24.1 Å². The highest BCUT2D eigenvalue weighted by molar-refractivity contribution is 5.84. The second-order valence-electron chi connectivity index (χ2n) is 6.15. The molecule has 1 N–H and O–H groups in total. The number of nitrogens with zero attached hydrogens (tertiary/aromatic N) is 1. The number of hydrogen-bond acceptors (Lipinski definition) is 2. The zero-order valence-electron chi connectivity index (χ0n) is 11.0. The zero-order chi connectivity index (χ0) is 12.0. The smallest absolute Gasteiger partial charge is 0.241 e. The minimum Gasteiger partial charge on any atom is -0.325 e. The molecule has 3 fully saturated rings. The Hall–Kier alpha value is -0.570. The van der Waals surface area contributed by atoms with Gasteiger partial charge in [-0.3, -0.25) is 10.1 Å². The Labute approximate surface area is 104 Å². The minimum absolute atomic E-state index is 0.0787. The standard InChI is InChI=1S/C14H24N2O/c1-3-11-13(17)16(12(4-2)15-11)9-14(7-8-14)10-5-6-10/h10-12,15H,3-9H2,1-2H3. The Morgan fingerprint density at radius 2 is 2.00 bits per heavy atom. The molecule has 2 aliphatic carbocycles. The van der Waals surface area contributed by atoms with Crippen molar-refractivity contribution < 1.29 is 4.79 Å². The first kappa shape index (κ1) is 11.5. The van der Waals surface area contributed by atoms with Gasteiger partial charge in [-0.1, -0.05) is 13.8 Å². The van der Waals surface area contributed by atoms with Crippen LogP contribution in [0.4, 0.5) is 0 Å². The lowest BCUT2D eigenvalue weighted by atomic mass is 9.99. The van der Waals surface area contributed by atoms with Gasteiger partial charge in [-0.15, -0.1) is 0 Å². The Morgan fingerprint density at radius 3 is 2.47 bits per heavy atom. The molecule has 0 spiro atoms. The number of nitrogens with one attached hydrogen (secondary N) is 1. The third-order valence-corrected chi connectivity index (χ3v) is 4.97. The largest absolute Gasteiger partial charge is 0.325 e. The first-order chi connectivity index (χ1) is 8.20. The molecule has 2 atom stereocenters. The van der Waals surface area contributed by atoms with Crippen LogP contribution in [0.25, 0.3) is 0 Å². The molecule has 0 radical (unpaired) electrons. The Morgan fingerprint density at radius 1 is 1.29 bits per heavy atom. The molecule has 2 unspecified atom stereocenters. The van der Waals surface area contributed by atoms with E-state index in [0.29, 0.717) is 17.5 Å².